The second-order valence-corrected chi connectivity index (χ2v) is 9.41. The van der Waals surface area contributed by atoms with Crippen molar-refractivity contribution in [3.8, 4) is 22.3 Å². The minimum atomic E-state index is -3.49. The van der Waals surface area contributed by atoms with Crippen molar-refractivity contribution >= 4 is 15.5 Å². The largest absolute Gasteiger partial charge is 0.281 e. The quantitative estimate of drug-likeness (QED) is 0.317. The summed E-state index contributed by atoms with van der Waals surface area (Å²) in [6.07, 6.45) is 1.35. The number of nitrogens with zero attached hydrogens (tertiary/aromatic N) is 2. The van der Waals surface area contributed by atoms with Crippen LogP contribution < -0.4 is 0 Å². The number of aromatic nitrogens is 1. The molecule has 30 heavy (non-hydrogen) atoms. The molecule has 6 nitrogen and oxygen atoms in total. The molecule has 2 aromatic carbocycles. The molecular weight excluding hydrogens is 407 g/mol. The number of nitro groups is 1. The van der Waals surface area contributed by atoms with E-state index in [0.717, 1.165) is 0 Å². The van der Waals surface area contributed by atoms with E-state index < -0.39 is 20.7 Å². The summed E-state index contributed by atoms with van der Waals surface area (Å²) in [7, 11) is -3.49. The van der Waals surface area contributed by atoms with Crippen LogP contribution in [-0.2, 0) is 9.84 Å². The third kappa shape index (κ3) is 3.82. The molecule has 0 aliphatic carbocycles. The molecule has 0 amide bonds. The molecule has 0 fully saturated rings. The fraction of sp³-hybridized carbons (Fsp3) is 0.227. The zero-order valence-corrected chi connectivity index (χ0v) is 17.9. The molecule has 0 saturated heterocycles. The second-order valence-electron chi connectivity index (χ2n) is 7.13. The Morgan fingerprint density at radius 1 is 1.10 bits per heavy atom. The molecule has 156 valence electrons. The van der Waals surface area contributed by atoms with Crippen LogP contribution >= 0.6 is 0 Å². The summed E-state index contributed by atoms with van der Waals surface area (Å²) in [5.41, 5.74) is 2.40. The van der Waals surface area contributed by atoms with E-state index in [4.69, 9.17) is 0 Å². The molecule has 3 aromatic rings. The SMILES string of the molecule is CCS(=O)(=O)c1cccc(-c2cc(C)c(C)c([N+](=O)[O-])c2-c2cc(C)cnc2F)c1. The molecule has 8 heteroatoms. The van der Waals surface area contributed by atoms with Gasteiger partial charge in [0, 0.05) is 17.3 Å². The number of pyridine rings is 1. The van der Waals surface area contributed by atoms with Gasteiger partial charge in [0.2, 0.25) is 5.95 Å². The number of aryl methyl sites for hydroxylation is 2. The Morgan fingerprint density at radius 3 is 2.43 bits per heavy atom. The van der Waals surface area contributed by atoms with E-state index in [1.54, 1.807) is 45.9 Å². The first-order valence-corrected chi connectivity index (χ1v) is 11.0. The number of benzene rings is 2. The van der Waals surface area contributed by atoms with Gasteiger partial charge < -0.3 is 0 Å². The average Bonchev–Trinajstić information content (AvgIpc) is 2.71. The lowest BCUT2D eigenvalue weighted by Crippen LogP contribution is -2.05. The van der Waals surface area contributed by atoms with Crippen LogP contribution in [0.3, 0.4) is 0 Å². The normalized spacial score (nSPS) is 11.5. The number of halogens is 1. The first-order valence-electron chi connectivity index (χ1n) is 9.31. The third-order valence-corrected chi connectivity index (χ3v) is 6.86. The van der Waals surface area contributed by atoms with Gasteiger partial charge in [0.05, 0.1) is 21.1 Å². The van der Waals surface area contributed by atoms with Crippen LogP contribution in [0.4, 0.5) is 10.1 Å². The monoisotopic (exact) mass is 428 g/mol. The summed E-state index contributed by atoms with van der Waals surface area (Å²) in [5.74, 6) is -0.905. The number of sulfone groups is 1. The van der Waals surface area contributed by atoms with Gasteiger partial charge in [-0.15, -0.1) is 0 Å². The van der Waals surface area contributed by atoms with Gasteiger partial charge in [0.1, 0.15) is 0 Å². The Bertz CT molecular complexity index is 1270. The molecule has 1 heterocycles. The number of nitro benzene ring substituents is 1. The van der Waals surface area contributed by atoms with E-state index >= 15 is 0 Å². The van der Waals surface area contributed by atoms with Crippen molar-refractivity contribution in [1.82, 2.24) is 4.98 Å². The lowest BCUT2D eigenvalue weighted by Gasteiger charge is -2.16. The standard InChI is InChI=1S/C22H21FN2O4S/c1-5-30(28,29)17-8-6-7-16(11-17)18-10-14(3)15(4)21(25(26)27)20(18)19-9-13(2)12-24-22(19)23/h6-12H,5H2,1-4H3. The fourth-order valence-corrected chi connectivity index (χ4v) is 4.30. The van der Waals surface area contributed by atoms with Gasteiger partial charge in [-0.2, -0.15) is 4.39 Å². The zero-order valence-electron chi connectivity index (χ0n) is 17.1. The lowest BCUT2D eigenvalue weighted by atomic mass is 9.89. The summed E-state index contributed by atoms with van der Waals surface area (Å²) in [5, 5.41) is 12.0. The van der Waals surface area contributed by atoms with Gasteiger partial charge in [0.25, 0.3) is 5.69 Å². The molecule has 0 unspecified atom stereocenters. The van der Waals surface area contributed by atoms with Crippen molar-refractivity contribution in [2.45, 2.75) is 32.6 Å². The van der Waals surface area contributed by atoms with Crippen molar-refractivity contribution in [3.63, 3.8) is 0 Å². The molecule has 0 bridgehead atoms. The Labute approximate surface area is 174 Å². The van der Waals surface area contributed by atoms with Gasteiger partial charge in [-0.05, 0) is 61.2 Å². The Kier molecular flexibility index (Phi) is 5.72. The maximum absolute atomic E-state index is 14.7. The Hall–Kier alpha value is -3.13. The summed E-state index contributed by atoms with van der Waals surface area (Å²) < 4.78 is 39.4. The van der Waals surface area contributed by atoms with Crippen LogP contribution in [-0.4, -0.2) is 24.1 Å². The van der Waals surface area contributed by atoms with Crippen LogP contribution in [0.2, 0.25) is 0 Å². The zero-order chi connectivity index (χ0) is 22.2. The molecule has 0 atom stereocenters. The highest BCUT2D eigenvalue weighted by atomic mass is 32.2. The van der Waals surface area contributed by atoms with Gasteiger partial charge in [-0.3, -0.25) is 10.1 Å². The highest BCUT2D eigenvalue weighted by Gasteiger charge is 2.28. The first-order chi connectivity index (χ1) is 14.1. The van der Waals surface area contributed by atoms with Crippen LogP contribution in [0, 0.1) is 36.8 Å². The molecular formula is C22H21FN2O4S. The molecule has 0 spiro atoms. The summed E-state index contributed by atoms with van der Waals surface area (Å²) in [4.78, 5) is 15.3. The van der Waals surface area contributed by atoms with Gasteiger partial charge in [-0.25, -0.2) is 13.4 Å². The molecule has 0 aliphatic heterocycles. The predicted molar refractivity (Wildman–Crippen MR) is 114 cm³/mol. The van der Waals surface area contributed by atoms with Crippen molar-refractivity contribution in [2.75, 3.05) is 5.75 Å². The van der Waals surface area contributed by atoms with Crippen molar-refractivity contribution in [3.05, 3.63) is 75.3 Å². The number of rotatable bonds is 5. The molecule has 0 aliphatic rings. The molecule has 1 aromatic heterocycles. The van der Waals surface area contributed by atoms with E-state index in [9.17, 15) is 22.9 Å². The lowest BCUT2D eigenvalue weighted by molar-refractivity contribution is -0.384. The maximum Gasteiger partial charge on any atom is 0.281 e. The number of hydrogen-bond acceptors (Lipinski definition) is 5. The van der Waals surface area contributed by atoms with Crippen molar-refractivity contribution in [2.24, 2.45) is 0 Å². The van der Waals surface area contributed by atoms with Gasteiger partial charge >= 0.3 is 0 Å². The third-order valence-electron chi connectivity index (χ3n) is 5.13. The Morgan fingerprint density at radius 2 is 1.80 bits per heavy atom. The second kappa shape index (κ2) is 7.95. The first kappa shape index (κ1) is 21.6. The van der Waals surface area contributed by atoms with Gasteiger partial charge in [-0.1, -0.05) is 25.1 Å². The van der Waals surface area contributed by atoms with Crippen LogP contribution in [0.25, 0.3) is 22.3 Å². The molecule has 3 rings (SSSR count). The highest BCUT2D eigenvalue weighted by molar-refractivity contribution is 7.91. The van der Waals surface area contributed by atoms with Crippen molar-refractivity contribution in [1.29, 1.82) is 0 Å². The van der Waals surface area contributed by atoms with Gasteiger partial charge in [0.15, 0.2) is 9.84 Å². The van der Waals surface area contributed by atoms with E-state index in [2.05, 4.69) is 4.98 Å². The summed E-state index contributed by atoms with van der Waals surface area (Å²) >= 11 is 0. The van der Waals surface area contributed by atoms with E-state index in [-0.39, 0.29) is 27.5 Å². The van der Waals surface area contributed by atoms with Crippen LogP contribution in [0.1, 0.15) is 23.6 Å². The minimum Gasteiger partial charge on any atom is -0.258 e. The highest BCUT2D eigenvalue weighted by Crippen LogP contribution is 2.43. The average molecular weight is 428 g/mol. The summed E-state index contributed by atoms with van der Waals surface area (Å²) in [6.45, 7) is 6.60. The molecule has 0 N–H and O–H groups in total. The molecule has 0 radical (unpaired) electrons. The van der Waals surface area contributed by atoms with Crippen LogP contribution in [0.5, 0.6) is 0 Å². The van der Waals surface area contributed by atoms with E-state index in [1.165, 1.54) is 24.4 Å². The smallest absolute Gasteiger partial charge is 0.258 e. The van der Waals surface area contributed by atoms with E-state index in [0.29, 0.717) is 27.8 Å². The fourth-order valence-electron chi connectivity index (χ4n) is 3.38. The maximum atomic E-state index is 14.7. The van der Waals surface area contributed by atoms with E-state index in [1.807, 2.05) is 0 Å². The Balaban J connectivity index is 2.46. The number of hydrogen-bond donors (Lipinski definition) is 0. The van der Waals surface area contributed by atoms with Crippen LogP contribution in [0.15, 0.2) is 47.5 Å². The van der Waals surface area contributed by atoms with Crippen molar-refractivity contribution < 1.29 is 17.7 Å². The molecule has 0 saturated carbocycles. The topological polar surface area (TPSA) is 90.2 Å². The summed E-state index contributed by atoms with van der Waals surface area (Å²) in [6, 6.07) is 9.41. The predicted octanol–water partition coefficient (Wildman–Crippen LogP) is 5.18. The minimum absolute atomic E-state index is 0.00329.